The Morgan fingerprint density at radius 1 is 1.00 bits per heavy atom. The highest BCUT2D eigenvalue weighted by molar-refractivity contribution is 7.15. The molecule has 1 saturated carbocycles. The molecule has 0 unspecified atom stereocenters. The fourth-order valence-corrected chi connectivity index (χ4v) is 6.15. The third-order valence-electron chi connectivity index (χ3n) is 7.36. The van der Waals surface area contributed by atoms with Crippen molar-refractivity contribution in [2.24, 2.45) is 4.99 Å². The predicted molar refractivity (Wildman–Crippen MR) is 152 cm³/mol. The molecular weight excluding hydrogens is 541 g/mol. The number of halogens is 1. The second kappa shape index (κ2) is 10.4. The average molecular weight is 566 g/mol. The summed E-state index contributed by atoms with van der Waals surface area (Å²) in [5.41, 5.74) is 3.54. The molecular formula is C30H24FN7O2S. The van der Waals surface area contributed by atoms with E-state index in [0.717, 1.165) is 33.9 Å². The second-order valence-electron chi connectivity index (χ2n) is 10.1. The van der Waals surface area contributed by atoms with Crippen LogP contribution in [0.15, 0.2) is 70.3 Å². The fraction of sp³-hybridized carbons (Fsp3) is 0.233. The summed E-state index contributed by atoms with van der Waals surface area (Å²) in [4.78, 5) is 32.5. The minimum Gasteiger partial charge on any atom is -0.402 e. The molecule has 1 fully saturated rings. The molecule has 2 aliphatic rings. The number of rotatable bonds is 6. The number of aromatic nitrogens is 5. The van der Waals surface area contributed by atoms with E-state index in [-0.39, 0.29) is 24.1 Å². The molecule has 0 saturated heterocycles. The van der Waals surface area contributed by atoms with Crippen molar-refractivity contribution in [2.75, 3.05) is 5.32 Å². The first kappa shape index (κ1) is 25.3. The van der Waals surface area contributed by atoms with Gasteiger partial charge in [0.1, 0.15) is 17.3 Å². The van der Waals surface area contributed by atoms with Crippen molar-refractivity contribution < 1.29 is 13.6 Å². The number of fused-ring (bicyclic) bond motifs is 1. The van der Waals surface area contributed by atoms with Crippen molar-refractivity contribution in [3.63, 3.8) is 0 Å². The maximum atomic E-state index is 14.9. The SMILES string of the molecule is Cc1ncc(-c2sc(C3CCC3)nc2-c2nnc(N[C@H]3N=C(c4ccccc4)c4cccc(F)c4CC3=O)o2)cn1. The molecule has 0 spiro atoms. The van der Waals surface area contributed by atoms with Crippen LogP contribution in [0.3, 0.4) is 0 Å². The Morgan fingerprint density at radius 3 is 2.56 bits per heavy atom. The molecule has 0 bridgehead atoms. The Morgan fingerprint density at radius 2 is 1.80 bits per heavy atom. The lowest BCUT2D eigenvalue weighted by Crippen LogP contribution is -2.29. The molecule has 1 N–H and O–H groups in total. The molecule has 2 aromatic carbocycles. The number of nitrogens with zero attached hydrogens (tertiary/aromatic N) is 6. The van der Waals surface area contributed by atoms with E-state index in [0.29, 0.717) is 34.3 Å². The minimum absolute atomic E-state index is 0.0187. The van der Waals surface area contributed by atoms with E-state index >= 15 is 0 Å². The summed E-state index contributed by atoms with van der Waals surface area (Å²) in [6.07, 6.45) is 5.72. The summed E-state index contributed by atoms with van der Waals surface area (Å²) < 4.78 is 20.9. The Hall–Kier alpha value is -4.64. The lowest BCUT2D eigenvalue weighted by Gasteiger charge is -2.22. The summed E-state index contributed by atoms with van der Waals surface area (Å²) in [5, 5.41) is 12.4. The van der Waals surface area contributed by atoms with Gasteiger partial charge in [-0.25, -0.2) is 19.3 Å². The molecule has 204 valence electrons. The van der Waals surface area contributed by atoms with Crippen molar-refractivity contribution in [1.82, 2.24) is 25.1 Å². The van der Waals surface area contributed by atoms with Gasteiger partial charge in [-0.1, -0.05) is 54.0 Å². The van der Waals surface area contributed by atoms with Gasteiger partial charge < -0.3 is 9.73 Å². The predicted octanol–water partition coefficient (Wildman–Crippen LogP) is 5.77. The molecule has 4 heterocycles. The Kier molecular flexibility index (Phi) is 6.43. The number of ketones is 1. The number of hydrogen-bond acceptors (Lipinski definition) is 10. The van der Waals surface area contributed by atoms with Crippen LogP contribution in [0.5, 0.6) is 0 Å². The van der Waals surface area contributed by atoms with Crippen molar-refractivity contribution in [3.05, 3.63) is 94.3 Å². The Balaban J connectivity index is 1.24. The molecule has 0 amide bonds. The number of anilines is 1. The molecule has 11 heteroatoms. The molecule has 1 atom stereocenters. The van der Waals surface area contributed by atoms with Gasteiger partial charge in [-0.05, 0) is 25.8 Å². The zero-order chi connectivity index (χ0) is 27.9. The van der Waals surface area contributed by atoms with Gasteiger partial charge >= 0.3 is 6.01 Å². The van der Waals surface area contributed by atoms with Crippen LogP contribution in [0.1, 0.15) is 52.7 Å². The van der Waals surface area contributed by atoms with Gasteiger partial charge in [0.2, 0.25) is 0 Å². The molecule has 5 aromatic rings. The van der Waals surface area contributed by atoms with Crippen LogP contribution in [0.4, 0.5) is 10.4 Å². The maximum Gasteiger partial charge on any atom is 0.317 e. The maximum absolute atomic E-state index is 14.9. The first-order valence-electron chi connectivity index (χ1n) is 13.4. The first-order chi connectivity index (χ1) is 20.0. The summed E-state index contributed by atoms with van der Waals surface area (Å²) in [6, 6.07) is 14.2. The summed E-state index contributed by atoms with van der Waals surface area (Å²) in [6.45, 7) is 1.83. The van der Waals surface area contributed by atoms with Gasteiger partial charge in [-0.3, -0.25) is 9.79 Å². The van der Waals surface area contributed by atoms with Crippen LogP contribution in [-0.2, 0) is 11.2 Å². The van der Waals surface area contributed by atoms with Crippen LogP contribution in [-0.4, -0.2) is 42.8 Å². The lowest BCUT2D eigenvalue weighted by atomic mass is 9.86. The van der Waals surface area contributed by atoms with Gasteiger partial charge in [-0.15, -0.1) is 16.4 Å². The zero-order valence-corrected chi connectivity index (χ0v) is 22.9. The molecule has 0 radical (unpaired) electrons. The molecule has 1 aliphatic heterocycles. The smallest absolute Gasteiger partial charge is 0.317 e. The van der Waals surface area contributed by atoms with Gasteiger partial charge in [0, 0.05) is 47.0 Å². The number of hydrogen-bond donors (Lipinski definition) is 1. The van der Waals surface area contributed by atoms with Gasteiger partial charge in [0.25, 0.3) is 5.89 Å². The molecule has 1 aliphatic carbocycles. The third kappa shape index (κ3) is 4.82. The third-order valence-corrected chi connectivity index (χ3v) is 8.63. The highest BCUT2D eigenvalue weighted by Gasteiger charge is 2.31. The summed E-state index contributed by atoms with van der Waals surface area (Å²) in [7, 11) is 0. The average Bonchev–Trinajstić information content (AvgIpc) is 3.56. The quantitative estimate of drug-likeness (QED) is 0.276. The van der Waals surface area contributed by atoms with E-state index in [1.54, 1.807) is 35.9 Å². The van der Waals surface area contributed by atoms with E-state index in [2.05, 4.69) is 25.5 Å². The van der Waals surface area contributed by atoms with Gasteiger partial charge in [0.05, 0.1) is 15.6 Å². The van der Waals surface area contributed by atoms with Crippen LogP contribution >= 0.6 is 11.3 Å². The Labute approximate surface area is 238 Å². The van der Waals surface area contributed by atoms with Crippen molar-refractivity contribution in [3.8, 4) is 22.0 Å². The number of aliphatic imine (C=N–C) groups is 1. The van der Waals surface area contributed by atoms with Crippen molar-refractivity contribution >= 4 is 28.8 Å². The van der Waals surface area contributed by atoms with Crippen LogP contribution in [0.25, 0.3) is 22.0 Å². The number of carbonyl (C=O) groups is 1. The number of aryl methyl sites for hydroxylation is 1. The van der Waals surface area contributed by atoms with E-state index in [9.17, 15) is 9.18 Å². The lowest BCUT2D eigenvalue weighted by molar-refractivity contribution is -0.119. The number of carbonyl (C=O) groups excluding carboxylic acids is 1. The fourth-order valence-electron chi connectivity index (χ4n) is 4.95. The van der Waals surface area contributed by atoms with E-state index < -0.39 is 12.0 Å². The van der Waals surface area contributed by atoms with E-state index in [1.807, 2.05) is 37.3 Å². The molecule has 7 rings (SSSR count). The number of thiazole rings is 1. The van der Waals surface area contributed by atoms with Gasteiger partial charge in [-0.2, -0.15) is 0 Å². The standard InChI is InChI=1S/C30H24FN7O2S/c1-16-32-14-19(15-33-16)26-25(35-29(41-26)18-9-5-10-18)28-37-38-30(40-28)36-27-23(39)13-21-20(11-6-12-22(21)31)24(34-27)17-7-3-2-4-8-17/h2-4,6-8,11-12,14-15,18,27H,5,9-10,13H2,1H3,(H,36,38)/t27-/m1/s1. The largest absolute Gasteiger partial charge is 0.402 e. The monoisotopic (exact) mass is 565 g/mol. The van der Waals surface area contributed by atoms with E-state index in [1.165, 1.54) is 12.5 Å². The molecule has 41 heavy (non-hydrogen) atoms. The number of Topliss-reactive ketones (excluding diaryl/α,β-unsaturated/α-hetero) is 1. The summed E-state index contributed by atoms with van der Waals surface area (Å²) in [5.74, 6) is 0.538. The second-order valence-corrected chi connectivity index (χ2v) is 11.1. The first-order valence-corrected chi connectivity index (χ1v) is 14.2. The minimum atomic E-state index is -1.06. The highest BCUT2D eigenvalue weighted by atomic mass is 32.1. The van der Waals surface area contributed by atoms with Crippen LogP contribution < -0.4 is 5.32 Å². The normalized spacial score (nSPS) is 17.0. The Bertz CT molecular complexity index is 1780. The van der Waals surface area contributed by atoms with Crippen molar-refractivity contribution in [1.29, 1.82) is 0 Å². The van der Waals surface area contributed by atoms with Crippen molar-refractivity contribution in [2.45, 2.75) is 44.7 Å². The number of nitrogens with one attached hydrogen (secondary N) is 1. The zero-order valence-electron chi connectivity index (χ0n) is 22.0. The number of benzene rings is 2. The molecule has 9 nitrogen and oxygen atoms in total. The topological polar surface area (TPSA) is 119 Å². The van der Waals surface area contributed by atoms with Gasteiger partial charge in [0.15, 0.2) is 11.9 Å². The van der Waals surface area contributed by atoms with Crippen LogP contribution in [0, 0.1) is 12.7 Å². The van der Waals surface area contributed by atoms with E-state index in [4.69, 9.17) is 14.4 Å². The summed E-state index contributed by atoms with van der Waals surface area (Å²) >= 11 is 1.59. The van der Waals surface area contributed by atoms with Crippen LogP contribution in [0.2, 0.25) is 0 Å². The highest BCUT2D eigenvalue weighted by Crippen LogP contribution is 2.44. The molecule has 3 aromatic heterocycles.